The fourth-order valence-corrected chi connectivity index (χ4v) is 2.92. The number of morpholine rings is 1. The molecule has 1 aromatic heterocycles. The van der Waals surface area contributed by atoms with Gasteiger partial charge >= 0.3 is 12.2 Å². The van der Waals surface area contributed by atoms with Gasteiger partial charge in [-0.05, 0) is 30.3 Å². The first-order valence-corrected chi connectivity index (χ1v) is 8.51. The monoisotopic (exact) mass is 383 g/mol. The molecule has 146 valence electrons. The third-order valence-corrected chi connectivity index (χ3v) is 4.26. The number of nitrogens with zero attached hydrogens (tertiary/aromatic N) is 1. The number of furan rings is 1. The molecule has 9 heteroatoms. The highest BCUT2D eigenvalue weighted by atomic mass is 19.4. The zero-order valence-electron chi connectivity index (χ0n) is 14.5. The van der Waals surface area contributed by atoms with Crippen molar-refractivity contribution in [2.45, 2.75) is 12.2 Å². The van der Waals surface area contributed by atoms with Crippen LogP contribution in [0.4, 0.5) is 23.7 Å². The van der Waals surface area contributed by atoms with Gasteiger partial charge in [0.1, 0.15) is 5.76 Å². The quantitative estimate of drug-likeness (QED) is 0.830. The molecule has 2 amide bonds. The zero-order chi connectivity index (χ0) is 19.3. The number of rotatable bonds is 5. The van der Waals surface area contributed by atoms with Crippen molar-refractivity contribution < 1.29 is 27.1 Å². The van der Waals surface area contributed by atoms with E-state index < -0.39 is 17.8 Å². The number of amides is 2. The predicted octanol–water partition coefficient (Wildman–Crippen LogP) is 3.49. The number of urea groups is 1. The van der Waals surface area contributed by atoms with Crippen molar-refractivity contribution in [3.8, 4) is 0 Å². The highest BCUT2D eigenvalue weighted by Gasteiger charge is 2.30. The largest absolute Gasteiger partial charge is 0.468 e. The number of carbonyl (C=O) groups is 1. The van der Waals surface area contributed by atoms with E-state index in [1.807, 2.05) is 6.07 Å². The minimum atomic E-state index is -4.46. The number of nitrogens with one attached hydrogen (secondary N) is 2. The van der Waals surface area contributed by atoms with Crippen molar-refractivity contribution in [3.63, 3.8) is 0 Å². The fourth-order valence-electron chi connectivity index (χ4n) is 2.92. The van der Waals surface area contributed by atoms with Crippen LogP contribution in [0.3, 0.4) is 0 Å². The van der Waals surface area contributed by atoms with Crippen LogP contribution < -0.4 is 10.6 Å². The van der Waals surface area contributed by atoms with Crippen molar-refractivity contribution in [1.29, 1.82) is 0 Å². The summed E-state index contributed by atoms with van der Waals surface area (Å²) in [6.45, 7) is 2.82. The van der Waals surface area contributed by atoms with Crippen LogP contribution in [0.1, 0.15) is 17.4 Å². The molecule has 0 saturated carbocycles. The first-order valence-electron chi connectivity index (χ1n) is 8.51. The van der Waals surface area contributed by atoms with Gasteiger partial charge in [-0.3, -0.25) is 4.90 Å². The van der Waals surface area contributed by atoms with Gasteiger partial charge in [0, 0.05) is 25.3 Å². The summed E-state index contributed by atoms with van der Waals surface area (Å²) in [5.74, 6) is 0.705. The Hall–Kier alpha value is -2.52. The maximum absolute atomic E-state index is 12.8. The van der Waals surface area contributed by atoms with E-state index in [4.69, 9.17) is 9.15 Å². The first-order chi connectivity index (χ1) is 12.9. The van der Waals surface area contributed by atoms with Gasteiger partial charge in [-0.1, -0.05) is 6.07 Å². The number of ether oxygens (including phenoxy) is 1. The molecular weight excluding hydrogens is 363 g/mol. The van der Waals surface area contributed by atoms with E-state index in [2.05, 4.69) is 15.5 Å². The summed E-state index contributed by atoms with van der Waals surface area (Å²) >= 11 is 0. The summed E-state index contributed by atoms with van der Waals surface area (Å²) < 4.78 is 49.1. The Morgan fingerprint density at radius 1 is 1.19 bits per heavy atom. The van der Waals surface area contributed by atoms with Gasteiger partial charge < -0.3 is 19.8 Å². The van der Waals surface area contributed by atoms with Gasteiger partial charge in [-0.2, -0.15) is 13.2 Å². The van der Waals surface area contributed by atoms with Crippen molar-refractivity contribution >= 4 is 11.7 Å². The van der Waals surface area contributed by atoms with Gasteiger partial charge in [-0.15, -0.1) is 0 Å². The predicted molar refractivity (Wildman–Crippen MR) is 92.3 cm³/mol. The van der Waals surface area contributed by atoms with E-state index in [-0.39, 0.29) is 18.3 Å². The number of hydrogen-bond donors (Lipinski definition) is 2. The standard InChI is InChI=1S/C18H20F3N3O3/c19-18(20,21)13-3-1-4-14(11-13)23-17(25)22-12-15(16-5-2-8-27-16)24-6-9-26-10-7-24/h1-5,8,11,15H,6-7,9-10,12H2,(H2,22,23,25). The summed E-state index contributed by atoms with van der Waals surface area (Å²) in [7, 11) is 0. The van der Waals surface area contributed by atoms with E-state index in [1.54, 1.807) is 12.3 Å². The Bertz CT molecular complexity index is 744. The number of halogens is 3. The molecule has 0 bridgehead atoms. The van der Waals surface area contributed by atoms with Gasteiger partial charge in [-0.25, -0.2) is 4.79 Å². The third-order valence-electron chi connectivity index (χ3n) is 4.26. The van der Waals surface area contributed by atoms with Crippen LogP contribution in [0, 0.1) is 0 Å². The average molecular weight is 383 g/mol. The number of alkyl halides is 3. The Morgan fingerprint density at radius 2 is 1.96 bits per heavy atom. The second-order valence-corrected chi connectivity index (χ2v) is 6.09. The van der Waals surface area contributed by atoms with Crippen molar-refractivity contribution in [1.82, 2.24) is 10.2 Å². The number of benzene rings is 1. The SMILES string of the molecule is O=C(NCC(c1ccco1)N1CCOCC1)Nc1cccc(C(F)(F)F)c1. The van der Waals surface area contributed by atoms with Gasteiger partial charge in [0.05, 0.1) is 31.1 Å². The molecule has 1 aliphatic rings. The summed E-state index contributed by atoms with van der Waals surface area (Å²) in [5.41, 5.74) is -0.745. The lowest BCUT2D eigenvalue weighted by Gasteiger charge is -2.33. The Morgan fingerprint density at radius 3 is 2.63 bits per heavy atom. The molecule has 6 nitrogen and oxygen atoms in total. The molecule has 27 heavy (non-hydrogen) atoms. The van der Waals surface area contributed by atoms with Gasteiger partial charge in [0.25, 0.3) is 0 Å². The van der Waals surface area contributed by atoms with E-state index in [1.165, 1.54) is 12.1 Å². The lowest BCUT2D eigenvalue weighted by Crippen LogP contribution is -2.44. The third kappa shape index (κ3) is 5.24. The smallest absolute Gasteiger partial charge is 0.416 e. The molecule has 2 heterocycles. The first kappa shape index (κ1) is 19.2. The minimum absolute atomic E-state index is 0.0725. The molecule has 2 aromatic rings. The van der Waals surface area contributed by atoms with E-state index in [0.717, 1.165) is 12.1 Å². The summed E-state index contributed by atoms with van der Waals surface area (Å²) in [6.07, 6.45) is -2.90. The van der Waals surface area contributed by atoms with E-state index >= 15 is 0 Å². The molecule has 3 rings (SSSR count). The van der Waals surface area contributed by atoms with Crippen LogP contribution in [-0.4, -0.2) is 43.8 Å². The van der Waals surface area contributed by atoms with Crippen LogP contribution in [0.25, 0.3) is 0 Å². The van der Waals surface area contributed by atoms with Crippen LogP contribution in [0.15, 0.2) is 47.1 Å². The van der Waals surface area contributed by atoms with Gasteiger partial charge in [0.15, 0.2) is 0 Å². The summed E-state index contributed by atoms with van der Waals surface area (Å²) in [5, 5.41) is 5.14. The van der Waals surface area contributed by atoms with Crippen LogP contribution in [-0.2, 0) is 10.9 Å². The molecule has 1 fully saturated rings. The molecule has 1 saturated heterocycles. The second-order valence-electron chi connectivity index (χ2n) is 6.09. The maximum Gasteiger partial charge on any atom is 0.416 e. The lowest BCUT2D eigenvalue weighted by atomic mass is 10.1. The summed E-state index contributed by atoms with van der Waals surface area (Å²) in [6, 6.07) is 7.33. The molecule has 0 aliphatic carbocycles. The molecule has 1 atom stereocenters. The van der Waals surface area contributed by atoms with Crippen molar-refractivity contribution in [2.24, 2.45) is 0 Å². The number of anilines is 1. The normalized spacial score (nSPS) is 16.7. The fraction of sp³-hybridized carbons (Fsp3) is 0.389. The summed E-state index contributed by atoms with van der Waals surface area (Å²) in [4.78, 5) is 14.3. The molecule has 1 aromatic carbocycles. The Labute approximate surface area is 154 Å². The van der Waals surface area contributed by atoms with Crippen LogP contribution in [0.5, 0.6) is 0 Å². The molecule has 0 spiro atoms. The van der Waals surface area contributed by atoms with Crippen LogP contribution >= 0.6 is 0 Å². The molecule has 1 unspecified atom stereocenters. The van der Waals surface area contributed by atoms with Gasteiger partial charge in [0.2, 0.25) is 0 Å². The Kier molecular flexibility index (Phi) is 6.02. The molecule has 1 aliphatic heterocycles. The molecule has 2 N–H and O–H groups in total. The topological polar surface area (TPSA) is 66.7 Å². The second kappa shape index (κ2) is 8.45. The highest BCUT2D eigenvalue weighted by molar-refractivity contribution is 5.89. The minimum Gasteiger partial charge on any atom is -0.468 e. The van der Waals surface area contributed by atoms with Crippen molar-refractivity contribution in [3.05, 3.63) is 54.0 Å². The maximum atomic E-state index is 12.8. The Balaban J connectivity index is 1.61. The average Bonchev–Trinajstić information content (AvgIpc) is 3.17. The van der Waals surface area contributed by atoms with E-state index in [0.29, 0.717) is 32.1 Å². The highest BCUT2D eigenvalue weighted by Crippen LogP contribution is 2.30. The lowest BCUT2D eigenvalue weighted by molar-refractivity contribution is -0.137. The number of carbonyl (C=O) groups excluding carboxylic acids is 1. The van der Waals surface area contributed by atoms with Crippen LogP contribution in [0.2, 0.25) is 0 Å². The molecular formula is C18H20F3N3O3. The number of hydrogen-bond acceptors (Lipinski definition) is 4. The van der Waals surface area contributed by atoms with E-state index in [9.17, 15) is 18.0 Å². The van der Waals surface area contributed by atoms with Crippen molar-refractivity contribution in [2.75, 3.05) is 38.2 Å². The zero-order valence-corrected chi connectivity index (χ0v) is 14.5. The molecule has 0 radical (unpaired) electrons.